The number of aliphatic hydroxyl groups is 1. The van der Waals surface area contributed by atoms with Crippen LogP contribution in [-0.4, -0.2) is 44.1 Å². The minimum atomic E-state index is -3.43. The second kappa shape index (κ2) is 4.14. The number of hydrogen-bond donors (Lipinski definition) is 2. The molecule has 1 heterocycles. The molecular formula is C8H17NO4S. The predicted molar refractivity (Wildman–Crippen MR) is 52.4 cm³/mol. The van der Waals surface area contributed by atoms with E-state index in [1.165, 1.54) is 6.92 Å². The van der Waals surface area contributed by atoms with Crippen molar-refractivity contribution >= 4 is 10.0 Å². The smallest absolute Gasteiger partial charge is 0.217 e. The lowest BCUT2D eigenvalue weighted by Crippen LogP contribution is -2.49. The van der Waals surface area contributed by atoms with E-state index in [0.29, 0.717) is 19.6 Å². The Bertz CT molecular complexity index is 282. The third kappa shape index (κ3) is 2.66. The second-order valence-corrected chi connectivity index (χ2v) is 6.10. The van der Waals surface area contributed by atoms with Crippen LogP contribution in [0.5, 0.6) is 0 Å². The van der Waals surface area contributed by atoms with Crippen LogP contribution in [-0.2, 0) is 14.8 Å². The summed E-state index contributed by atoms with van der Waals surface area (Å²) in [7, 11) is -3.43. The highest BCUT2D eigenvalue weighted by atomic mass is 32.2. The Morgan fingerprint density at radius 3 is 2.71 bits per heavy atom. The summed E-state index contributed by atoms with van der Waals surface area (Å²) in [5.74, 6) is 0. The molecule has 0 spiro atoms. The largest absolute Gasteiger partial charge is 0.395 e. The summed E-state index contributed by atoms with van der Waals surface area (Å²) in [6.45, 7) is 3.88. The summed E-state index contributed by atoms with van der Waals surface area (Å²) < 4.78 is 30.9. The molecule has 14 heavy (non-hydrogen) atoms. The third-order valence-electron chi connectivity index (χ3n) is 2.39. The van der Waals surface area contributed by atoms with Crippen LogP contribution < -0.4 is 4.72 Å². The molecule has 1 saturated heterocycles. The molecule has 84 valence electrons. The lowest BCUT2D eigenvalue weighted by molar-refractivity contribution is 0.178. The summed E-state index contributed by atoms with van der Waals surface area (Å²) in [4.78, 5) is 0. The van der Waals surface area contributed by atoms with E-state index in [9.17, 15) is 8.42 Å². The van der Waals surface area contributed by atoms with Crippen molar-refractivity contribution in [3.05, 3.63) is 0 Å². The predicted octanol–water partition coefficient (Wildman–Crippen LogP) is -0.534. The van der Waals surface area contributed by atoms with Crippen molar-refractivity contribution in [3.8, 4) is 0 Å². The van der Waals surface area contributed by atoms with Crippen LogP contribution in [0.15, 0.2) is 0 Å². The van der Waals surface area contributed by atoms with E-state index in [1.54, 1.807) is 0 Å². The second-order valence-electron chi connectivity index (χ2n) is 4.00. The summed E-state index contributed by atoms with van der Waals surface area (Å²) in [5, 5.41) is 8.00. The van der Waals surface area contributed by atoms with E-state index < -0.39 is 20.8 Å². The van der Waals surface area contributed by atoms with E-state index in [4.69, 9.17) is 9.84 Å². The lowest BCUT2D eigenvalue weighted by atomic mass is 10.0. The number of nitrogens with one attached hydrogen (secondary N) is 1. The van der Waals surface area contributed by atoms with E-state index in [-0.39, 0.29) is 6.61 Å². The Morgan fingerprint density at radius 2 is 2.29 bits per heavy atom. The molecule has 6 heteroatoms. The van der Waals surface area contributed by atoms with Gasteiger partial charge in [0.1, 0.15) is 0 Å². The zero-order chi connectivity index (χ0) is 10.8. The summed E-state index contributed by atoms with van der Waals surface area (Å²) in [6, 6.07) is 0. The standard InChI is InChI=1S/C8H17NO4S/c1-7(5-10)14(11,12)9-8(2)3-4-13-6-8/h7,9-10H,3-6H2,1-2H3. The Morgan fingerprint density at radius 1 is 1.64 bits per heavy atom. The monoisotopic (exact) mass is 223 g/mol. The molecule has 2 atom stereocenters. The average molecular weight is 223 g/mol. The van der Waals surface area contributed by atoms with E-state index in [2.05, 4.69) is 4.72 Å². The SMILES string of the molecule is CC(CO)S(=O)(=O)NC1(C)CCOC1. The quantitative estimate of drug-likeness (QED) is 0.671. The Kier molecular flexibility index (Phi) is 3.52. The Labute approximate surface area is 84.5 Å². The topological polar surface area (TPSA) is 75.6 Å². The van der Waals surface area contributed by atoms with Crippen LogP contribution in [0.25, 0.3) is 0 Å². The van der Waals surface area contributed by atoms with Crippen molar-refractivity contribution in [1.82, 2.24) is 4.72 Å². The van der Waals surface area contributed by atoms with Gasteiger partial charge in [0, 0.05) is 6.61 Å². The number of rotatable bonds is 4. The van der Waals surface area contributed by atoms with Crippen LogP contribution in [0.1, 0.15) is 20.3 Å². The average Bonchev–Trinajstić information content (AvgIpc) is 2.49. The molecule has 0 aliphatic carbocycles. The first-order chi connectivity index (χ1) is 6.40. The molecule has 1 aliphatic heterocycles. The normalized spacial score (nSPS) is 30.5. The molecule has 0 aromatic heterocycles. The highest BCUT2D eigenvalue weighted by Crippen LogP contribution is 2.19. The molecule has 1 aliphatic rings. The van der Waals surface area contributed by atoms with Crippen LogP contribution in [0.2, 0.25) is 0 Å². The van der Waals surface area contributed by atoms with Crippen LogP contribution >= 0.6 is 0 Å². The molecule has 0 aromatic rings. The van der Waals surface area contributed by atoms with Gasteiger partial charge in [-0.25, -0.2) is 13.1 Å². The maximum atomic E-state index is 11.6. The van der Waals surface area contributed by atoms with Gasteiger partial charge in [0.05, 0.1) is 24.0 Å². The molecule has 2 unspecified atom stereocenters. The van der Waals surface area contributed by atoms with E-state index in [1.807, 2.05) is 6.92 Å². The van der Waals surface area contributed by atoms with Crippen molar-refractivity contribution in [2.24, 2.45) is 0 Å². The van der Waals surface area contributed by atoms with Crippen molar-refractivity contribution in [3.63, 3.8) is 0 Å². The molecule has 2 N–H and O–H groups in total. The Balaban J connectivity index is 2.67. The Hall–Kier alpha value is -0.170. The molecule has 1 rings (SSSR count). The van der Waals surface area contributed by atoms with E-state index >= 15 is 0 Å². The first-order valence-electron chi connectivity index (χ1n) is 4.61. The maximum absolute atomic E-state index is 11.6. The molecule has 0 aromatic carbocycles. The molecule has 0 bridgehead atoms. The maximum Gasteiger partial charge on any atom is 0.217 e. The van der Waals surface area contributed by atoms with Gasteiger partial charge in [-0.2, -0.15) is 0 Å². The van der Waals surface area contributed by atoms with Gasteiger partial charge in [0.15, 0.2) is 0 Å². The highest BCUT2D eigenvalue weighted by molar-refractivity contribution is 7.90. The lowest BCUT2D eigenvalue weighted by Gasteiger charge is -2.25. The molecule has 0 amide bonds. The van der Waals surface area contributed by atoms with Crippen molar-refractivity contribution in [1.29, 1.82) is 0 Å². The van der Waals surface area contributed by atoms with Gasteiger partial charge in [-0.05, 0) is 20.3 Å². The van der Waals surface area contributed by atoms with Crippen LogP contribution in [0.3, 0.4) is 0 Å². The molecule has 0 radical (unpaired) electrons. The first-order valence-corrected chi connectivity index (χ1v) is 6.16. The van der Waals surface area contributed by atoms with Crippen LogP contribution in [0.4, 0.5) is 0 Å². The van der Waals surface area contributed by atoms with Gasteiger partial charge in [-0.1, -0.05) is 0 Å². The van der Waals surface area contributed by atoms with Gasteiger partial charge in [0.25, 0.3) is 0 Å². The summed E-state index contributed by atoms with van der Waals surface area (Å²) >= 11 is 0. The van der Waals surface area contributed by atoms with Crippen molar-refractivity contribution in [2.75, 3.05) is 19.8 Å². The van der Waals surface area contributed by atoms with Gasteiger partial charge >= 0.3 is 0 Å². The molecule has 5 nitrogen and oxygen atoms in total. The van der Waals surface area contributed by atoms with Crippen molar-refractivity contribution in [2.45, 2.75) is 31.1 Å². The van der Waals surface area contributed by atoms with E-state index in [0.717, 1.165) is 0 Å². The number of hydrogen-bond acceptors (Lipinski definition) is 4. The number of ether oxygens (including phenoxy) is 1. The number of sulfonamides is 1. The summed E-state index contributed by atoms with van der Waals surface area (Å²) in [6.07, 6.45) is 0.671. The fourth-order valence-electron chi connectivity index (χ4n) is 1.29. The zero-order valence-electron chi connectivity index (χ0n) is 8.49. The summed E-state index contributed by atoms with van der Waals surface area (Å²) in [5.41, 5.74) is -0.512. The first kappa shape index (κ1) is 11.9. The van der Waals surface area contributed by atoms with Gasteiger partial charge in [-0.15, -0.1) is 0 Å². The van der Waals surface area contributed by atoms with Crippen LogP contribution in [0, 0.1) is 0 Å². The minimum absolute atomic E-state index is 0.369. The molecule has 0 saturated carbocycles. The van der Waals surface area contributed by atoms with Gasteiger partial charge in [0.2, 0.25) is 10.0 Å². The highest BCUT2D eigenvalue weighted by Gasteiger charge is 2.35. The van der Waals surface area contributed by atoms with Crippen molar-refractivity contribution < 1.29 is 18.3 Å². The third-order valence-corrected chi connectivity index (χ3v) is 4.38. The minimum Gasteiger partial charge on any atom is -0.395 e. The number of aliphatic hydroxyl groups excluding tert-OH is 1. The molecule has 1 fully saturated rings. The van der Waals surface area contributed by atoms with Gasteiger partial charge in [-0.3, -0.25) is 0 Å². The fraction of sp³-hybridized carbons (Fsp3) is 1.00. The molecular weight excluding hydrogens is 206 g/mol. The fourth-order valence-corrected chi connectivity index (χ4v) is 2.53. The zero-order valence-corrected chi connectivity index (χ0v) is 9.30. The van der Waals surface area contributed by atoms with Gasteiger partial charge < -0.3 is 9.84 Å².